The van der Waals surface area contributed by atoms with Gasteiger partial charge in [-0.15, -0.1) is 0 Å². The van der Waals surface area contributed by atoms with Gasteiger partial charge in [0, 0.05) is 35.3 Å². The van der Waals surface area contributed by atoms with E-state index in [1.54, 1.807) is 47.9 Å². The molecule has 6 heteroatoms. The van der Waals surface area contributed by atoms with Crippen LogP contribution in [0.1, 0.15) is 27.2 Å². The van der Waals surface area contributed by atoms with Gasteiger partial charge in [-0.1, -0.05) is 41.9 Å². The maximum Gasteiger partial charge on any atom is 0.262 e. The summed E-state index contributed by atoms with van der Waals surface area (Å²) in [6, 6.07) is 22.2. The molecule has 0 aliphatic heterocycles. The Balaban J connectivity index is 1.72. The Morgan fingerprint density at radius 3 is 2.36 bits per heavy atom. The summed E-state index contributed by atoms with van der Waals surface area (Å²) in [5, 5.41) is 1.40. The van der Waals surface area contributed by atoms with Crippen molar-refractivity contribution in [3.05, 3.63) is 100 Å². The summed E-state index contributed by atoms with van der Waals surface area (Å²) in [4.78, 5) is 28.3. The monoisotopic (exact) mass is 460 g/mol. The molecular weight excluding hydrogens is 436 g/mol. The van der Waals surface area contributed by atoms with Gasteiger partial charge in [-0.05, 0) is 60.5 Å². The summed E-state index contributed by atoms with van der Waals surface area (Å²) in [6.07, 6.45) is 0.180. The molecule has 0 aliphatic rings. The highest BCUT2D eigenvalue weighted by molar-refractivity contribution is 6.30. The highest BCUT2D eigenvalue weighted by Crippen LogP contribution is 2.31. The lowest BCUT2D eigenvalue weighted by molar-refractivity contribution is -0.129. The molecule has 1 aromatic heterocycles. The van der Waals surface area contributed by atoms with Crippen LogP contribution in [-0.2, 0) is 17.8 Å². The van der Waals surface area contributed by atoms with Gasteiger partial charge in [-0.3, -0.25) is 14.2 Å². The van der Waals surface area contributed by atoms with Gasteiger partial charge >= 0.3 is 0 Å². The number of fused-ring (bicyclic) bond motifs is 1. The topological polar surface area (TPSA) is 51.5 Å². The molecule has 1 amide bonds. The lowest BCUT2D eigenvalue weighted by atomic mass is 10.1. The number of nitrogens with zero attached hydrogens (tertiary/aromatic N) is 2. The average Bonchev–Trinajstić information content (AvgIpc) is 3.10. The minimum Gasteiger partial charge on any atom is -0.497 e. The molecule has 0 spiro atoms. The van der Waals surface area contributed by atoms with Gasteiger partial charge in [0.2, 0.25) is 5.91 Å². The SMILES string of the molecule is COc1ccc2c(c1)c(CC(=O)N(C)Cc1ccccc1)c(C)n2C(=O)c1ccc(Cl)cc1. The maximum absolute atomic E-state index is 13.4. The van der Waals surface area contributed by atoms with E-state index in [-0.39, 0.29) is 18.2 Å². The predicted molar refractivity (Wildman–Crippen MR) is 131 cm³/mol. The van der Waals surface area contributed by atoms with E-state index in [1.165, 1.54) is 0 Å². The molecule has 0 aliphatic carbocycles. The van der Waals surface area contributed by atoms with Crippen LogP contribution < -0.4 is 4.74 Å². The van der Waals surface area contributed by atoms with Gasteiger partial charge in [0.15, 0.2) is 0 Å². The summed E-state index contributed by atoms with van der Waals surface area (Å²) < 4.78 is 7.08. The number of halogens is 1. The van der Waals surface area contributed by atoms with Gasteiger partial charge in [0.25, 0.3) is 5.91 Å². The van der Waals surface area contributed by atoms with Gasteiger partial charge in [-0.2, -0.15) is 0 Å². The Bertz CT molecular complexity index is 1310. The zero-order valence-corrected chi connectivity index (χ0v) is 19.6. The van der Waals surface area contributed by atoms with Crippen LogP contribution in [0.4, 0.5) is 0 Å². The van der Waals surface area contributed by atoms with E-state index in [0.717, 1.165) is 27.7 Å². The summed E-state index contributed by atoms with van der Waals surface area (Å²) in [5.74, 6) is 0.475. The van der Waals surface area contributed by atoms with Crippen molar-refractivity contribution in [1.82, 2.24) is 9.47 Å². The fourth-order valence-corrected chi connectivity index (χ4v) is 4.15. The average molecular weight is 461 g/mol. The number of benzene rings is 3. The number of ether oxygens (including phenoxy) is 1. The summed E-state index contributed by atoms with van der Waals surface area (Å²) in [7, 11) is 3.39. The zero-order chi connectivity index (χ0) is 23.5. The van der Waals surface area contributed by atoms with Crippen LogP contribution in [0.2, 0.25) is 5.02 Å². The predicted octanol–water partition coefficient (Wildman–Crippen LogP) is 5.50. The molecule has 0 saturated carbocycles. The molecule has 0 bridgehead atoms. The van der Waals surface area contributed by atoms with Gasteiger partial charge in [0.05, 0.1) is 19.0 Å². The second kappa shape index (κ2) is 9.51. The first-order chi connectivity index (χ1) is 15.9. The van der Waals surface area contributed by atoms with Crippen LogP contribution in [0.25, 0.3) is 10.9 Å². The number of hydrogen-bond acceptors (Lipinski definition) is 3. The Hall–Kier alpha value is -3.57. The van der Waals surface area contributed by atoms with Crippen molar-refractivity contribution < 1.29 is 14.3 Å². The number of hydrogen-bond donors (Lipinski definition) is 0. The molecule has 0 saturated heterocycles. The lowest BCUT2D eigenvalue weighted by Crippen LogP contribution is -2.28. The summed E-state index contributed by atoms with van der Waals surface area (Å²) in [5.41, 5.74) is 3.87. The molecule has 3 aromatic carbocycles. The Kier molecular flexibility index (Phi) is 6.52. The number of rotatable bonds is 6. The van der Waals surface area contributed by atoms with E-state index in [4.69, 9.17) is 16.3 Å². The fraction of sp³-hybridized carbons (Fsp3) is 0.185. The van der Waals surface area contributed by atoms with E-state index in [2.05, 4.69) is 0 Å². The zero-order valence-electron chi connectivity index (χ0n) is 18.8. The van der Waals surface area contributed by atoms with Gasteiger partial charge < -0.3 is 9.64 Å². The van der Waals surface area contributed by atoms with Crippen molar-refractivity contribution in [3.63, 3.8) is 0 Å². The molecule has 0 unspecified atom stereocenters. The second-order valence-corrected chi connectivity index (χ2v) is 8.44. The third-order valence-corrected chi connectivity index (χ3v) is 6.10. The van der Waals surface area contributed by atoms with Crippen LogP contribution >= 0.6 is 11.6 Å². The number of amides is 1. The molecule has 0 radical (unpaired) electrons. The molecule has 33 heavy (non-hydrogen) atoms. The van der Waals surface area contributed by atoms with Crippen molar-refractivity contribution >= 4 is 34.3 Å². The molecule has 0 N–H and O–H groups in total. The van der Waals surface area contributed by atoms with Crippen molar-refractivity contribution in [1.29, 1.82) is 0 Å². The minimum atomic E-state index is -0.171. The Labute approximate surface area is 198 Å². The van der Waals surface area contributed by atoms with E-state index >= 15 is 0 Å². The van der Waals surface area contributed by atoms with E-state index in [0.29, 0.717) is 22.9 Å². The normalized spacial score (nSPS) is 10.9. The lowest BCUT2D eigenvalue weighted by Gasteiger charge is -2.17. The molecule has 168 valence electrons. The molecular formula is C27H25ClN2O3. The van der Waals surface area contributed by atoms with Crippen LogP contribution in [0.15, 0.2) is 72.8 Å². The van der Waals surface area contributed by atoms with Crippen molar-refractivity contribution in [2.75, 3.05) is 14.2 Å². The standard InChI is InChI=1S/C27H25ClN2O3/c1-18-23(16-26(31)29(2)17-19-7-5-4-6-8-19)24-15-22(33-3)13-14-25(24)30(18)27(32)20-9-11-21(28)12-10-20/h4-15H,16-17H2,1-3H3. The number of carbonyl (C=O) groups is 2. The van der Waals surface area contributed by atoms with Crippen molar-refractivity contribution in [2.45, 2.75) is 19.9 Å². The molecule has 4 rings (SSSR count). The first-order valence-corrected chi connectivity index (χ1v) is 11.0. The molecule has 1 heterocycles. The first kappa shape index (κ1) is 22.6. The largest absolute Gasteiger partial charge is 0.497 e. The molecule has 5 nitrogen and oxygen atoms in total. The maximum atomic E-state index is 13.4. The smallest absolute Gasteiger partial charge is 0.262 e. The minimum absolute atomic E-state index is 0.0252. The van der Waals surface area contributed by atoms with Gasteiger partial charge in [0.1, 0.15) is 5.75 Å². The van der Waals surface area contributed by atoms with E-state index < -0.39 is 0 Å². The van der Waals surface area contributed by atoms with Crippen LogP contribution in [0.5, 0.6) is 5.75 Å². The Morgan fingerprint density at radius 1 is 1.00 bits per heavy atom. The van der Waals surface area contributed by atoms with Crippen molar-refractivity contribution in [2.24, 2.45) is 0 Å². The van der Waals surface area contributed by atoms with Crippen LogP contribution in [0.3, 0.4) is 0 Å². The van der Waals surface area contributed by atoms with Crippen LogP contribution in [0, 0.1) is 6.92 Å². The molecule has 4 aromatic rings. The summed E-state index contributed by atoms with van der Waals surface area (Å²) >= 11 is 6.00. The third-order valence-electron chi connectivity index (χ3n) is 5.85. The second-order valence-electron chi connectivity index (χ2n) is 8.01. The Morgan fingerprint density at radius 2 is 1.70 bits per heavy atom. The summed E-state index contributed by atoms with van der Waals surface area (Å²) in [6.45, 7) is 2.39. The molecule has 0 fully saturated rings. The highest BCUT2D eigenvalue weighted by Gasteiger charge is 2.23. The third kappa shape index (κ3) is 4.64. The quantitative estimate of drug-likeness (QED) is 0.381. The number of carbonyl (C=O) groups excluding carboxylic acids is 2. The van der Waals surface area contributed by atoms with Crippen molar-refractivity contribution in [3.8, 4) is 5.75 Å². The number of aromatic nitrogens is 1. The first-order valence-electron chi connectivity index (χ1n) is 10.6. The number of likely N-dealkylation sites (N-methyl/N-ethyl adjacent to an activating group) is 1. The van der Waals surface area contributed by atoms with Crippen LogP contribution in [-0.4, -0.2) is 35.4 Å². The highest BCUT2D eigenvalue weighted by atomic mass is 35.5. The van der Waals surface area contributed by atoms with Gasteiger partial charge in [-0.25, -0.2) is 0 Å². The van der Waals surface area contributed by atoms with E-state index in [1.807, 2.05) is 55.5 Å². The number of methoxy groups -OCH3 is 1. The van der Waals surface area contributed by atoms with E-state index in [9.17, 15) is 9.59 Å². The fourth-order valence-electron chi connectivity index (χ4n) is 4.03. The molecule has 0 atom stereocenters.